The second-order valence-corrected chi connectivity index (χ2v) is 5.49. The lowest BCUT2D eigenvalue weighted by Crippen LogP contribution is -2.15. The first-order valence-electron chi connectivity index (χ1n) is 6.34. The van der Waals surface area contributed by atoms with Gasteiger partial charge in [-0.15, -0.1) is 11.6 Å². The van der Waals surface area contributed by atoms with Crippen LogP contribution in [0, 0.1) is 23.5 Å². The molecule has 1 heterocycles. The van der Waals surface area contributed by atoms with Gasteiger partial charge in [0.2, 0.25) is 0 Å². The highest BCUT2D eigenvalue weighted by atomic mass is 35.5. The fraction of sp³-hybridized carbons (Fsp3) is 0.500. The van der Waals surface area contributed by atoms with Crippen molar-refractivity contribution in [2.45, 2.75) is 33.2 Å². The quantitative estimate of drug-likeness (QED) is 0.764. The minimum Gasteiger partial charge on any atom is -0.324 e. The zero-order valence-electron chi connectivity index (χ0n) is 11.3. The first kappa shape index (κ1) is 14.3. The molecule has 5 heteroatoms. The number of halogens is 3. The summed E-state index contributed by atoms with van der Waals surface area (Å²) in [5.74, 6) is -0.183. The predicted molar refractivity (Wildman–Crippen MR) is 73.2 cm³/mol. The lowest BCUT2D eigenvalue weighted by molar-refractivity contribution is 0.363. The summed E-state index contributed by atoms with van der Waals surface area (Å²) in [5, 5.41) is 0. The van der Waals surface area contributed by atoms with Crippen LogP contribution in [-0.2, 0) is 12.4 Å². The van der Waals surface area contributed by atoms with Crippen molar-refractivity contribution in [1.29, 1.82) is 0 Å². The fourth-order valence-electron chi connectivity index (χ4n) is 2.00. The first-order valence-corrected chi connectivity index (χ1v) is 6.88. The molecular weight excluding hydrogens is 270 g/mol. The third-order valence-corrected chi connectivity index (χ3v) is 3.85. The first-order chi connectivity index (χ1) is 8.95. The van der Waals surface area contributed by atoms with Gasteiger partial charge >= 0.3 is 0 Å². The minimum absolute atomic E-state index is 0.181. The van der Waals surface area contributed by atoms with E-state index in [-0.39, 0.29) is 11.4 Å². The summed E-state index contributed by atoms with van der Waals surface area (Å²) in [7, 11) is 0. The molecular formula is C14H17ClF2N2. The van der Waals surface area contributed by atoms with E-state index in [0.29, 0.717) is 29.7 Å². The van der Waals surface area contributed by atoms with Crippen LogP contribution in [0.15, 0.2) is 12.1 Å². The maximum atomic E-state index is 14.0. The summed E-state index contributed by atoms with van der Waals surface area (Å²) in [6.07, 6.45) is 0. The molecule has 0 saturated carbocycles. The molecule has 2 nitrogen and oxygen atoms in total. The Kier molecular flexibility index (Phi) is 4.09. The number of benzene rings is 1. The maximum absolute atomic E-state index is 14.0. The maximum Gasteiger partial charge on any atom is 0.184 e. The Balaban J connectivity index is 2.59. The molecule has 0 bridgehead atoms. The van der Waals surface area contributed by atoms with Gasteiger partial charge in [0.1, 0.15) is 11.3 Å². The smallest absolute Gasteiger partial charge is 0.184 e. The Morgan fingerprint density at radius 2 is 1.95 bits per heavy atom. The molecule has 0 N–H and O–H groups in total. The molecule has 0 aliphatic rings. The number of rotatable bonds is 4. The third-order valence-electron chi connectivity index (χ3n) is 3.61. The molecule has 0 saturated heterocycles. The molecule has 1 aromatic heterocycles. The Morgan fingerprint density at radius 3 is 2.53 bits per heavy atom. The monoisotopic (exact) mass is 286 g/mol. The van der Waals surface area contributed by atoms with Gasteiger partial charge in [-0.1, -0.05) is 20.8 Å². The molecule has 0 aliphatic heterocycles. The van der Waals surface area contributed by atoms with Crippen LogP contribution >= 0.6 is 11.6 Å². The van der Waals surface area contributed by atoms with E-state index in [2.05, 4.69) is 25.8 Å². The van der Waals surface area contributed by atoms with E-state index < -0.39 is 11.6 Å². The molecule has 1 unspecified atom stereocenters. The van der Waals surface area contributed by atoms with Crippen molar-refractivity contribution in [3.63, 3.8) is 0 Å². The van der Waals surface area contributed by atoms with Gasteiger partial charge in [0.15, 0.2) is 11.6 Å². The van der Waals surface area contributed by atoms with Crippen molar-refractivity contribution in [1.82, 2.24) is 9.55 Å². The number of aromatic nitrogens is 2. The molecule has 0 fully saturated rings. The highest BCUT2D eigenvalue weighted by molar-refractivity contribution is 6.16. The van der Waals surface area contributed by atoms with Gasteiger partial charge in [0.05, 0.1) is 11.4 Å². The molecule has 0 spiro atoms. The predicted octanol–water partition coefficient (Wildman–Crippen LogP) is 4.35. The molecule has 0 radical (unpaired) electrons. The van der Waals surface area contributed by atoms with Gasteiger partial charge in [0.25, 0.3) is 0 Å². The van der Waals surface area contributed by atoms with Crippen molar-refractivity contribution >= 4 is 22.6 Å². The average Bonchev–Trinajstić information content (AvgIpc) is 2.72. The number of hydrogen-bond acceptors (Lipinski definition) is 1. The van der Waals surface area contributed by atoms with Gasteiger partial charge in [-0.05, 0) is 24.0 Å². The number of nitrogens with zero attached hydrogens (tertiary/aromatic N) is 2. The number of hydrogen-bond donors (Lipinski definition) is 0. The molecule has 2 rings (SSSR count). The molecule has 0 amide bonds. The van der Waals surface area contributed by atoms with Gasteiger partial charge in [0, 0.05) is 6.54 Å². The van der Waals surface area contributed by atoms with Crippen LogP contribution in [0.5, 0.6) is 0 Å². The van der Waals surface area contributed by atoms with Crippen molar-refractivity contribution in [3.8, 4) is 0 Å². The van der Waals surface area contributed by atoms with Crippen molar-refractivity contribution in [2.75, 3.05) is 0 Å². The van der Waals surface area contributed by atoms with Crippen LogP contribution in [0.4, 0.5) is 8.78 Å². The summed E-state index contributed by atoms with van der Waals surface area (Å²) in [4.78, 5) is 4.27. The standard InChI is InChI=1S/C14H17ClF2N2/c1-8(2)9(3)7-19-12(6-15)18-11-5-4-10(16)13(17)14(11)19/h4-5,8-9H,6-7H2,1-3H3. The molecule has 19 heavy (non-hydrogen) atoms. The Bertz CT molecular complexity index is 593. The van der Waals surface area contributed by atoms with Crippen LogP contribution in [0.3, 0.4) is 0 Å². The molecule has 2 aromatic rings. The van der Waals surface area contributed by atoms with Crippen LogP contribution in [0.25, 0.3) is 11.0 Å². The van der Waals surface area contributed by atoms with Gasteiger partial charge in [-0.2, -0.15) is 0 Å². The molecule has 1 aromatic carbocycles. The summed E-state index contributed by atoms with van der Waals surface area (Å²) in [5.41, 5.74) is 0.661. The summed E-state index contributed by atoms with van der Waals surface area (Å²) >= 11 is 5.86. The molecule has 0 aliphatic carbocycles. The van der Waals surface area contributed by atoms with E-state index >= 15 is 0 Å². The van der Waals surface area contributed by atoms with E-state index in [9.17, 15) is 8.78 Å². The molecule has 104 valence electrons. The van der Waals surface area contributed by atoms with E-state index in [1.165, 1.54) is 6.07 Å². The summed E-state index contributed by atoms with van der Waals surface area (Å²) < 4.78 is 29.1. The normalized spacial score (nSPS) is 13.4. The number of imidazole rings is 1. The van der Waals surface area contributed by atoms with Gasteiger partial charge in [-0.25, -0.2) is 13.8 Å². The zero-order chi connectivity index (χ0) is 14.2. The van der Waals surface area contributed by atoms with Gasteiger partial charge in [-0.3, -0.25) is 0 Å². The van der Waals surface area contributed by atoms with Crippen LogP contribution < -0.4 is 0 Å². The largest absolute Gasteiger partial charge is 0.324 e. The average molecular weight is 287 g/mol. The van der Waals surface area contributed by atoms with E-state index in [4.69, 9.17) is 11.6 Å². The molecule has 1 atom stereocenters. The van der Waals surface area contributed by atoms with Gasteiger partial charge < -0.3 is 4.57 Å². The summed E-state index contributed by atoms with van der Waals surface area (Å²) in [6.45, 7) is 6.85. The lowest BCUT2D eigenvalue weighted by Gasteiger charge is -2.18. The highest BCUT2D eigenvalue weighted by Gasteiger charge is 2.19. The number of alkyl halides is 1. The third kappa shape index (κ3) is 2.59. The highest BCUT2D eigenvalue weighted by Crippen LogP contribution is 2.25. The Labute approximate surface area is 116 Å². The van der Waals surface area contributed by atoms with Crippen molar-refractivity contribution < 1.29 is 8.78 Å². The van der Waals surface area contributed by atoms with Crippen LogP contribution in [0.1, 0.15) is 26.6 Å². The Hall–Kier alpha value is -1.16. The second kappa shape index (κ2) is 5.45. The number of fused-ring (bicyclic) bond motifs is 1. The fourth-order valence-corrected chi connectivity index (χ4v) is 2.21. The van der Waals surface area contributed by atoms with Crippen molar-refractivity contribution in [2.24, 2.45) is 11.8 Å². The second-order valence-electron chi connectivity index (χ2n) is 5.22. The summed E-state index contributed by atoms with van der Waals surface area (Å²) in [6, 6.07) is 2.58. The zero-order valence-corrected chi connectivity index (χ0v) is 12.0. The van der Waals surface area contributed by atoms with E-state index in [1.807, 2.05) is 0 Å². The minimum atomic E-state index is -0.855. The van der Waals surface area contributed by atoms with Crippen LogP contribution in [0.2, 0.25) is 0 Å². The van der Waals surface area contributed by atoms with Crippen LogP contribution in [-0.4, -0.2) is 9.55 Å². The topological polar surface area (TPSA) is 17.8 Å². The lowest BCUT2D eigenvalue weighted by atomic mass is 9.98. The SMILES string of the molecule is CC(C)C(C)Cn1c(CCl)nc2ccc(F)c(F)c21. The van der Waals surface area contributed by atoms with E-state index in [0.717, 1.165) is 6.07 Å². The van der Waals surface area contributed by atoms with E-state index in [1.54, 1.807) is 4.57 Å². The Morgan fingerprint density at radius 1 is 1.26 bits per heavy atom. The van der Waals surface area contributed by atoms with Crippen molar-refractivity contribution in [3.05, 3.63) is 29.6 Å².